The maximum atomic E-state index is 12.2. The van der Waals surface area contributed by atoms with E-state index in [9.17, 15) is 29.3 Å². The number of methoxy groups -OCH3 is 2. The van der Waals surface area contributed by atoms with Crippen molar-refractivity contribution in [3.63, 3.8) is 0 Å². The van der Waals surface area contributed by atoms with E-state index in [0.717, 1.165) is 6.07 Å². The van der Waals surface area contributed by atoms with Gasteiger partial charge in [0.25, 0.3) is 0 Å². The van der Waals surface area contributed by atoms with E-state index in [-0.39, 0.29) is 59.5 Å². The van der Waals surface area contributed by atoms with Crippen LogP contribution in [0.3, 0.4) is 0 Å². The van der Waals surface area contributed by atoms with Gasteiger partial charge >= 0.3 is 22.9 Å². The van der Waals surface area contributed by atoms with Crippen molar-refractivity contribution < 1.29 is 38.3 Å². The molecule has 0 atom stereocenters. The van der Waals surface area contributed by atoms with Crippen molar-refractivity contribution in [2.75, 3.05) is 44.1 Å². The van der Waals surface area contributed by atoms with Crippen molar-refractivity contribution in [3.8, 4) is 0 Å². The lowest BCUT2D eigenvalue weighted by Gasteiger charge is -2.25. The molecule has 1 aromatic carbocycles. The number of ether oxygens (including phenoxy) is 3. The molecule has 0 fully saturated rings. The molecule has 0 aliphatic heterocycles. The summed E-state index contributed by atoms with van der Waals surface area (Å²) in [5.74, 6) is -2.07. The van der Waals surface area contributed by atoms with E-state index in [0.29, 0.717) is 17.0 Å². The van der Waals surface area contributed by atoms with Gasteiger partial charge in [-0.2, -0.15) is 0 Å². The first-order chi connectivity index (χ1) is 18.1. The molecule has 38 heavy (non-hydrogen) atoms. The molecule has 1 N–H and O–H groups in total. The third-order valence-corrected chi connectivity index (χ3v) is 5.88. The van der Waals surface area contributed by atoms with Crippen LogP contribution in [-0.2, 0) is 28.6 Å². The maximum absolute atomic E-state index is 12.2. The Balaban J connectivity index is 2.45. The summed E-state index contributed by atoms with van der Waals surface area (Å²) >= 11 is 0.648. The van der Waals surface area contributed by atoms with Crippen LogP contribution in [0.4, 0.5) is 27.1 Å². The molecule has 1 heterocycles. The van der Waals surface area contributed by atoms with E-state index in [2.05, 4.69) is 15.5 Å². The SMILES string of the molecule is CCOC(=O)c1cc([N+](=O)[O-])sc1N=Nc1ccc(N(CCC(=O)OC)CCC(=O)OC)cc1NC(C)=O. The molecule has 1 aromatic heterocycles. The third kappa shape index (κ3) is 8.62. The number of rotatable bonds is 13. The van der Waals surface area contributed by atoms with Crippen molar-refractivity contribution in [1.29, 1.82) is 0 Å². The van der Waals surface area contributed by atoms with E-state index >= 15 is 0 Å². The van der Waals surface area contributed by atoms with E-state index in [1.54, 1.807) is 24.0 Å². The zero-order chi connectivity index (χ0) is 28.2. The third-order valence-electron chi connectivity index (χ3n) is 4.91. The van der Waals surface area contributed by atoms with Gasteiger partial charge in [0.1, 0.15) is 11.3 Å². The number of nitrogens with one attached hydrogen (secondary N) is 1. The second kappa shape index (κ2) is 14.4. The number of hydrogen-bond acceptors (Lipinski definition) is 13. The van der Waals surface area contributed by atoms with E-state index in [1.165, 1.54) is 27.2 Å². The number of azo groups is 1. The van der Waals surface area contributed by atoms with Crippen LogP contribution in [0, 0.1) is 10.1 Å². The Morgan fingerprint density at radius 1 is 1.05 bits per heavy atom. The van der Waals surface area contributed by atoms with Crippen molar-refractivity contribution in [3.05, 3.63) is 39.9 Å². The Morgan fingerprint density at radius 2 is 1.68 bits per heavy atom. The van der Waals surface area contributed by atoms with Gasteiger partial charge in [-0.1, -0.05) is 0 Å². The number of benzene rings is 1. The zero-order valence-corrected chi connectivity index (χ0v) is 22.0. The quantitative estimate of drug-likeness (QED) is 0.125. The Bertz CT molecular complexity index is 1210. The van der Waals surface area contributed by atoms with Crippen LogP contribution >= 0.6 is 11.3 Å². The van der Waals surface area contributed by atoms with Crippen LogP contribution in [0.25, 0.3) is 0 Å². The molecule has 0 spiro atoms. The van der Waals surface area contributed by atoms with E-state index < -0.39 is 28.7 Å². The summed E-state index contributed by atoms with van der Waals surface area (Å²) in [4.78, 5) is 59.8. The largest absolute Gasteiger partial charge is 0.469 e. The molecule has 0 saturated heterocycles. The summed E-state index contributed by atoms with van der Waals surface area (Å²) < 4.78 is 14.3. The number of thiophene rings is 1. The molecular weight excluding hydrogens is 522 g/mol. The summed E-state index contributed by atoms with van der Waals surface area (Å²) in [5.41, 5.74) is 0.876. The van der Waals surface area contributed by atoms with Crippen LogP contribution < -0.4 is 10.2 Å². The fourth-order valence-electron chi connectivity index (χ4n) is 3.11. The molecule has 15 heteroatoms. The first-order valence-corrected chi connectivity index (χ1v) is 12.1. The minimum atomic E-state index is -0.782. The number of nitrogens with zero attached hydrogens (tertiary/aromatic N) is 4. The standard InChI is InChI=1S/C23H27N5O9S/c1-5-37-23(32)16-13-19(28(33)34)38-22(16)26-25-17-7-6-15(12-18(17)24-14(2)29)27(10-8-20(30)35-3)11-9-21(31)36-4/h6-7,12-13H,5,8-11H2,1-4H3,(H,24,29). The lowest BCUT2D eigenvalue weighted by atomic mass is 10.2. The van der Waals surface area contributed by atoms with Gasteiger partial charge in [-0.3, -0.25) is 24.5 Å². The summed E-state index contributed by atoms with van der Waals surface area (Å²) in [6, 6.07) is 5.81. The Hall–Kier alpha value is -4.40. The van der Waals surface area contributed by atoms with Gasteiger partial charge in [-0.25, -0.2) is 4.79 Å². The van der Waals surface area contributed by atoms with Crippen molar-refractivity contribution in [2.45, 2.75) is 26.7 Å². The number of hydrogen-bond donors (Lipinski definition) is 1. The maximum Gasteiger partial charge on any atom is 0.341 e. The molecule has 0 saturated carbocycles. The molecule has 0 bridgehead atoms. The average molecular weight is 550 g/mol. The Labute approximate surface area is 221 Å². The fraction of sp³-hybridized carbons (Fsp3) is 0.391. The average Bonchev–Trinajstić information content (AvgIpc) is 3.32. The molecule has 0 aliphatic rings. The fourth-order valence-corrected chi connectivity index (χ4v) is 3.89. The molecule has 1 amide bonds. The van der Waals surface area contributed by atoms with Gasteiger partial charge in [0, 0.05) is 31.8 Å². The highest BCUT2D eigenvalue weighted by molar-refractivity contribution is 7.19. The summed E-state index contributed by atoms with van der Waals surface area (Å²) in [7, 11) is 2.54. The molecule has 2 aromatic rings. The monoisotopic (exact) mass is 549 g/mol. The molecule has 204 valence electrons. The van der Waals surface area contributed by atoms with E-state index in [4.69, 9.17) is 14.2 Å². The normalized spacial score (nSPS) is 10.6. The zero-order valence-electron chi connectivity index (χ0n) is 21.2. The topological polar surface area (TPSA) is 179 Å². The molecular formula is C23H27N5O9S. The number of nitro groups is 1. The minimum Gasteiger partial charge on any atom is -0.469 e. The van der Waals surface area contributed by atoms with Crippen LogP contribution in [-0.4, -0.2) is 62.7 Å². The summed E-state index contributed by atoms with van der Waals surface area (Å²) in [6.07, 6.45) is 0.0881. The molecule has 0 aliphatic carbocycles. The van der Waals surface area contributed by atoms with Gasteiger partial charge in [-0.05, 0) is 36.5 Å². The van der Waals surface area contributed by atoms with Crippen LogP contribution in [0.5, 0.6) is 0 Å². The molecule has 2 rings (SSSR count). The molecule has 0 radical (unpaired) electrons. The highest BCUT2D eigenvalue weighted by Crippen LogP contribution is 2.39. The second-order valence-electron chi connectivity index (χ2n) is 7.50. The lowest BCUT2D eigenvalue weighted by molar-refractivity contribution is -0.380. The van der Waals surface area contributed by atoms with E-state index in [1.807, 2.05) is 0 Å². The summed E-state index contributed by atoms with van der Waals surface area (Å²) in [6.45, 7) is 3.38. The predicted molar refractivity (Wildman–Crippen MR) is 137 cm³/mol. The predicted octanol–water partition coefficient (Wildman–Crippen LogP) is 4.14. The van der Waals surface area contributed by atoms with Crippen molar-refractivity contribution >= 4 is 62.2 Å². The Kier molecular flexibility index (Phi) is 11.3. The molecule has 0 unspecified atom stereocenters. The second-order valence-corrected chi connectivity index (χ2v) is 8.51. The van der Waals surface area contributed by atoms with Gasteiger partial charge in [0.2, 0.25) is 5.91 Å². The van der Waals surface area contributed by atoms with Gasteiger partial charge < -0.3 is 24.4 Å². The number of anilines is 2. The number of esters is 3. The smallest absolute Gasteiger partial charge is 0.341 e. The minimum absolute atomic E-state index is 0.0363. The molecule has 14 nitrogen and oxygen atoms in total. The highest BCUT2D eigenvalue weighted by atomic mass is 32.1. The van der Waals surface area contributed by atoms with Crippen LogP contribution in [0.1, 0.15) is 37.0 Å². The van der Waals surface area contributed by atoms with Gasteiger partial charge in [0.05, 0.1) is 44.3 Å². The lowest BCUT2D eigenvalue weighted by Crippen LogP contribution is -2.29. The van der Waals surface area contributed by atoms with Crippen molar-refractivity contribution in [2.24, 2.45) is 10.2 Å². The van der Waals surface area contributed by atoms with Crippen LogP contribution in [0.2, 0.25) is 0 Å². The Morgan fingerprint density at radius 3 is 2.21 bits per heavy atom. The van der Waals surface area contributed by atoms with Gasteiger partial charge in [-0.15, -0.1) is 10.2 Å². The van der Waals surface area contributed by atoms with Crippen LogP contribution in [0.15, 0.2) is 34.5 Å². The number of carbonyl (C=O) groups is 4. The summed E-state index contributed by atoms with van der Waals surface area (Å²) in [5, 5.41) is 21.6. The highest BCUT2D eigenvalue weighted by Gasteiger charge is 2.23. The number of amides is 1. The first-order valence-electron chi connectivity index (χ1n) is 11.3. The van der Waals surface area contributed by atoms with Crippen molar-refractivity contribution in [1.82, 2.24) is 0 Å². The van der Waals surface area contributed by atoms with Gasteiger partial charge in [0.15, 0.2) is 5.00 Å². The number of carbonyl (C=O) groups excluding carboxylic acids is 4. The first kappa shape index (κ1) is 29.8.